The fourth-order valence-electron chi connectivity index (χ4n) is 1.69. The van der Waals surface area contributed by atoms with Gasteiger partial charge in [0.25, 0.3) is 10.0 Å². The van der Waals surface area contributed by atoms with Crippen molar-refractivity contribution < 1.29 is 13.3 Å². The first kappa shape index (κ1) is 14.6. The third kappa shape index (κ3) is 3.18. The average molecular weight is 291 g/mol. The second-order valence-corrected chi connectivity index (χ2v) is 6.29. The summed E-state index contributed by atoms with van der Waals surface area (Å²) in [5.41, 5.74) is 0.477. The summed E-state index contributed by atoms with van der Waals surface area (Å²) in [5.74, 6) is 0. The van der Waals surface area contributed by atoms with Crippen LogP contribution >= 0.6 is 0 Å². The van der Waals surface area contributed by atoms with E-state index in [2.05, 4.69) is 0 Å². The number of anilines is 1. The Bertz CT molecular complexity index is 639. The van der Waals surface area contributed by atoms with E-state index in [4.69, 9.17) is 4.84 Å². The molecule has 2 rings (SSSR count). The third-order valence-corrected chi connectivity index (χ3v) is 4.13. The number of nitrogens with zero attached hydrogens (tertiary/aromatic N) is 1. The van der Waals surface area contributed by atoms with E-state index >= 15 is 0 Å². The van der Waals surface area contributed by atoms with Crippen LogP contribution in [0.3, 0.4) is 0 Å². The Morgan fingerprint density at radius 2 is 1.40 bits per heavy atom. The zero-order valence-corrected chi connectivity index (χ0v) is 12.2. The monoisotopic (exact) mass is 291 g/mol. The van der Waals surface area contributed by atoms with Crippen molar-refractivity contribution in [2.75, 3.05) is 4.47 Å². The second-order valence-electron chi connectivity index (χ2n) is 4.53. The molecule has 5 heteroatoms. The average Bonchev–Trinajstić information content (AvgIpc) is 2.46. The Morgan fingerprint density at radius 3 is 1.90 bits per heavy atom. The summed E-state index contributed by atoms with van der Waals surface area (Å²) in [6.07, 6.45) is -0.256. The molecule has 0 bridgehead atoms. The quantitative estimate of drug-likeness (QED) is 0.795. The molecule has 0 saturated carbocycles. The number of hydrogen-bond acceptors (Lipinski definition) is 3. The molecule has 0 radical (unpaired) electrons. The van der Waals surface area contributed by atoms with Crippen LogP contribution < -0.4 is 4.47 Å². The minimum Gasteiger partial charge on any atom is -0.256 e. The lowest BCUT2D eigenvalue weighted by atomic mass is 10.3. The van der Waals surface area contributed by atoms with Gasteiger partial charge in [-0.3, -0.25) is 4.84 Å². The summed E-state index contributed by atoms with van der Waals surface area (Å²) in [5, 5.41) is 0. The highest BCUT2D eigenvalue weighted by Crippen LogP contribution is 2.24. The van der Waals surface area contributed by atoms with Crippen LogP contribution in [0.15, 0.2) is 65.6 Å². The molecule has 0 aliphatic heterocycles. The predicted molar refractivity (Wildman–Crippen MR) is 78.8 cm³/mol. The van der Waals surface area contributed by atoms with Crippen LogP contribution in [0.2, 0.25) is 0 Å². The second kappa shape index (κ2) is 6.07. The lowest BCUT2D eigenvalue weighted by Crippen LogP contribution is -2.33. The molecule has 0 unspecified atom stereocenters. The molecule has 20 heavy (non-hydrogen) atoms. The molecule has 0 aliphatic carbocycles. The normalized spacial score (nSPS) is 11.6. The fraction of sp³-hybridized carbons (Fsp3) is 0.200. The first-order valence-electron chi connectivity index (χ1n) is 6.34. The van der Waals surface area contributed by atoms with Gasteiger partial charge in [0, 0.05) is 0 Å². The SMILES string of the molecule is CC(C)ON(c1ccccc1)S(=O)(=O)c1ccccc1. The molecule has 0 saturated heterocycles. The highest BCUT2D eigenvalue weighted by atomic mass is 32.2. The van der Waals surface area contributed by atoms with E-state index in [1.165, 1.54) is 0 Å². The highest BCUT2D eigenvalue weighted by Gasteiger charge is 2.26. The molecule has 2 aromatic carbocycles. The molecule has 0 spiro atoms. The molecule has 0 N–H and O–H groups in total. The molecule has 2 aromatic rings. The summed E-state index contributed by atoms with van der Waals surface area (Å²) in [7, 11) is -3.74. The van der Waals surface area contributed by atoms with Gasteiger partial charge >= 0.3 is 0 Å². The van der Waals surface area contributed by atoms with Crippen LogP contribution in [-0.2, 0) is 14.9 Å². The molecule has 0 fully saturated rings. The van der Waals surface area contributed by atoms with Crippen molar-refractivity contribution in [3.05, 3.63) is 60.7 Å². The number of rotatable bonds is 5. The van der Waals surface area contributed by atoms with Crippen LogP contribution in [-0.4, -0.2) is 14.5 Å². The van der Waals surface area contributed by atoms with Crippen molar-refractivity contribution in [2.24, 2.45) is 0 Å². The van der Waals surface area contributed by atoms with Gasteiger partial charge in [0.2, 0.25) is 0 Å². The van der Waals surface area contributed by atoms with E-state index in [0.717, 1.165) is 4.47 Å². The molecule has 0 aromatic heterocycles. The number of para-hydroxylation sites is 1. The first-order chi connectivity index (χ1) is 9.51. The lowest BCUT2D eigenvalue weighted by molar-refractivity contribution is 0.0911. The van der Waals surface area contributed by atoms with Crippen molar-refractivity contribution in [3.8, 4) is 0 Å². The van der Waals surface area contributed by atoms with Crippen LogP contribution in [0.4, 0.5) is 5.69 Å². The van der Waals surface area contributed by atoms with E-state index in [0.29, 0.717) is 5.69 Å². The maximum Gasteiger partial charge on any atom is 0.286 e. The van der Waals surface area contributed by atoms with Crippen LogP contribution in [0.1, 0.15) is 13.8 Å². The molecule has 0 aliphatic rings. The Labute approximate surface area is 119 Å². The maximum absolute atomic E-state index is 12.7. The lowest BCUT2D eigenvalue weighted by Gasteiger charge is -2.25. The Kier molecular flexibility index (Phi) is 4.42. The van der Waals surface area contributed by atoms with Crippen LogP contribution in [0.25, 0.3) is 0 Å². The van der Waals surface area contributed by atoms with E-state index in [1.54, 1.807) is 68.4 Å². The van der Waals surface area contributed by atoms with E-state index in [-0.39, 0.29) is 11.0 Å². The number of hydrogen-bond donors (Lipinski definition) is 0. The fourth-order valence-corrected chi connectivity index (χ4v) is 3.06. The molecule has 0 atom stereocenters. The summed E-state index contributed by atoms with van der Waals surface area (Å²) in [4.78, 5) is 5.70. The van der Waals surface area contributed by atoms with Gasteiger partial charge in [0.15, 0.2) is 0 Å². The van der Waals surface area contributed by atoms with Gasteiger partial charge in [-0.05, 0) is 38.1 Å². The van der Waals surface area contributed by atoms with Gasteiger partial charge in [0.05, 0.1) is 16.7 Å². The standard InChI is InChI=1S/C15H17NO3S/c1-13(2)19-16(14-9-5-3-6-10-14)20(17,18)15-11-7-4-8-12-15/h3-13H,1-2H3. The zero-order valence-electron chi connectivity index (χ0n) is 11.4. The topological polar surface area (TPSA) is 46.6 Å². The summed E-state index contributed by atoms with van der Waals surface area (Å²) >= 11 is 0. The first-order valence-corrected chi connectivity index (χ1v) is 7.78. The number of benzene rings is 2. The van der Waals surface area contributed by atoms with Gasteiger partial charge in [-0.1, -0.05) is 36.4 Å². The number of sulfonamides is 1. The molecular weight excluding hydrogens is 274 g/mol. The van der Waals surface area contributed by atoms with E-state index < -0.39 is 10.0 Å². The van der Waals surface area contributed by atoms with Gasteiger partial charge in [-0.25, -0.2) is 0 Å². The van der Waals surface area contributed by atoms with Gasteiger partial charge in [0.1, 0.15) is 0 Å². The van der Waals surface area contributed by atoms with Crippen molar-refractivity contribution in [1.82, 2.24) is 0 Å². The summed E-state index contributed by atoms with van der Waals surface area (Å²) in [6.45, 7) is 3.58. The van der Waals surface area contributed by atoms with Gasteiger partial charge < -0.3 is 0 Å². The Balaban J connectivity index is 2.47. The molecule has 106 valence electrons. The molecular formula is C15H17NO3S. The highest BCUT2D eigenvalue weighted by molar-refractivity contribution is 7.92. The smallest absolute Gasteiger partial charge is 0.256 e. The molecule has 0 heterocycles. The summed E-state index contributed by atoms with van der Waals surface area (Å²) < 4.78 is 26.3. The molecule has 0 amide bonds. The van der Waals surface area contributed by atoms with Crippen LogP contribution in [0.5, 0.6) is 0 Å². The van der Waals surface area contributed by atoms with Gasteiger partial charge in [-0.2, -0.15) is 8.42 Å². The zero-order chi connectivity index (χ0) is 14.6. The Hall–Kier alpha value is -1.85. The van der Waals surface area contributed by atoms with Gasteiger partial charge in [-0.15, -0.1) is 4.47 Å². The van der Waals surface area contributed by atoms with E-state index in [1.807, 2.05) is 6.07 Å². The van der Waals surface area contributed by atoms with E-state index in [9.17, 15) is 8.42 Å². The van der Waals surface area contributed by atoms with Crippen molar-refractivity contribution in [1.29, 1.82) is 0 Å². The van der Waals surface area contributed by atoms with Crippen molar-refractivity contribution in [2.45, 2.75) is 24.8 Å². The molecule has 4 nitrogen and oxygen atoms in total. The minimum atomic E-state index is -3.74. The summed E-state index contributed by atoms with van der Waals surface area (Å²) in [6, 6.07) is 17.0. The maximum atomic E-state index is 12.7. The Morgan fingerprint density at radius 1 is 0.900 bits per heavy atom. The minimum absolute atomic E-state index is 0.199. The van der Waals surface area contributed by atoms with Crippen molar-refractivity contribution >= 4 is 15.7 Å². The predicted octanol–water partition coefficient (Wildman–Crippen LogP) is 3.22. The van der Waals surface area contributed by atoms with Crippen LogP contribution in [0, 0.1) is 0 Å². The third-order valence-electron chi connectivity index (χ3n) is 2.53. The largest absolute Gasteiger partial charge is 0.286 e. The van der Waals surface area contributed by atoms with Crippen molar-refractivity contribution in [3.63, 3.8) is 0 Å².